The first kappa shape index (κ1) is 35.5. The van der Waals surface area contributed by atoms with E-state index < -0.39 is 56.9 Å². The number of carbonyl (C=O) groups is 2. The monoisotopic (exact) mass is 691 g/mol. The normalized spacial score (nSPS) is 13.2. The van der Waals surface area contributed by atoms with Crippen LogP contribution in [0.5, 0.6) is 0 Å². The topological polar surface area (TPSA) is 86.8 Å². The summed E-state index contributed by atoms with van der Waals surface area (Å²) in [6.07, 6.45) is -3.45. The Morgan fingerprint density at radius 2 is 1.55 bits per heavy atom. The number of hydrogen-bond acceptors (Lipinski definition) is 4. The molecule has 0 spiro atoms. The van der Waals surface area contributed by atoms with Gasteiger partial charge in [-0.2, -0.15) is 13.2 Å². The summed E-state index contributed by atoms with van der Waals surface area (Å²) >= 11 is 18.0. The van der Waals surface area contributed by atoms with Crippen LogP contribution in [0, 0.1) is 0 Å². The van der Waals surface area contributed by atoms with Crippen LogP contribution in [-0.4, -0.2) is 50.0 Å². The fourth-order valence-corrected chi connectivity index (χ4v) is 5.72. The van der Waals surface area contributed by atoms with Gasteiger partial charge in [0.05, 0.1) is 32.6 Å². The Labute approximate surface area is 269 Å². The third-order valence-corrected chi connectivity index (χ3v) is 9.04. The number of carbonyl (C=O) groups excluding carboxylic acids is 2. The van der Waals surface area contributed by atoms with E-state index in [4.69, 9.17) is 34.8 Å². The van der Waals surface area contributed by atoms with Gasteiger partial charge in [0.2, 0.25) is 21.8 Å². The minimum atomic E-state index is -4.88. The zero-order chi connectivity index (χ0) is 32.8. The highest BCUT2D eigenvalue weighted by Crippen LogP contribution is 2.37. The molecule has 0 aliphatic carbocycles. The third-order valence-electron chi connectivity index (χ3n) is 6.83. The molecule has 2 unspecified atom stereocenters. The molecule has 44 heavy (non-hydrogen) atoms. The van der Waals surface area contributed by atoms with Gasteiger partial charge in [-0.1, -0.05) is 78.1 Å². The van der Waals surface area contributed by atoms with E-state index in [1.807, 2.05) is 6.92 Å². The summed E-state index contributed by atoms with van der Waals surface area (Å²) in [4.78, 5) is 29.0. The molecule has 7 nitrogen and oxygen atoms in total. The van der Waals surface area contributed by atoms with Crippen molar-refractivity contribution in [3.8, 4) is 0 Å². The molecule has 238 valence electrons. The smallest absolute Gasteiger partial charge is 0.352 e. The number of sulfonamides is 1. The van der Waals surface area contributed by atoms with E-state index in [0.717, 1.165) is 24.0 Å². The molecular formula is C30H31Cl3F3N3O4S. The molecule has 0 radical (unpaired) electrons. The van der Waals surface area contributed by atoms with Crippen LogP contribution in [0.2, 0.25) is 15.1 Å². The molecule has 2 amide bonds. The third kappa shape index (κ3) is 9.50. The molecule has 0 saturated carbocycles. The van der Waals surface area contributed by atoms with Gasteiger partial charge in [0.1, 0.15) is 12.6 Å². The van der Waals surface area contributed by atoms with Crippen LogP contribution in [-0.2, 0) is 38.8 Å². The standard InChI is InChI=1S/C30H31Cl3F3N3O4S/c1-4-19(2)37-29(41)27(15-20-8-6-5-7-9-20)38(17-21-10-12-25(32)26(33)14-21)28(40)18-39(44(3,42)43)22-11-13-24(31)23(16-22)30(34,35)36/h5-14,16,19,27H,4,15,17-18H2,1-3H3,(H,37,41). The number of hydrogen-bond donors (Lipinski definition) is 1. The van der Waals surface area contributed by atoms with Crippen molar-refractivity contribution >= 4 is 62.3 Å². The Hall–Kier alpha value is -2.99. The molecule has 3 aromatic rings. The van der Waals surface area contributed by atoms with Gasteiger partial charge < -0.3 is 10.2 Å². The molecule has 0 aliphatic rings. The van der Waals surface area contributed by atoms with Gasteiger partial charge in [0.15, 0.2) is 0 Å². The Morgan fingerprint density at radius 3 is 2.11 bits per heavy atom. The first-order valence-corrected chi connectivity index (χ1v) is 16.4. The van der Waals surface area contributed by atoms with Crippen molar-refractivity contribution in [2.24, 2.45) is 0 Å². The Bertz CT molecular complexity index is 1590. The lowest BCUT2D eigenvalue weighted by Gasteiger charge is -2.34. The molecule has 3 aromatic carbocycles. The average Bonchev–Trinajstić information content (AvgIpc) is 2.95. The molecule has 0 fully saturated rings. The van der Waals surface area contributed by atoms with Gasteiger partial charge >= 0.3 is 6.18 Å². The maximum Gasteiger partial charge on any atom is 0.417 e. The van der Waals surface area contributed by atoms with Crippen LogP contribution >= 0.6 is 34.8 Å². The minimum Gasteiger partial charge on any atom is -0.352 e. The van der Waals surface area contributed by atoms with Gasteiger partial charge in [0.25, 0.3) is 0 Å². The zero-order valence-corrected chi connectivity index (χ0v) is 27.1. The molecule has 0 bridgehead atoms. The Morgan fingerprint density at radius 1 is 0.909 bits per heavy atom. The van der Waals surface area contributed by atoms with Crippen molar-refractivity contribution in [3.05, 3.63) is 98.5 Å². The van der Waals surface area contributed by atoms with Crippen LogP contribution in [0.15, 0.2) is 66.7 Å². The number of halogens is 6. The second-order valence-electron chi connectivity index (χ2n) is 10.2. The van der Waals surface area contributed by atoms with Gasteiger partial charge in [-0.3, -0.25) is 13.9 Å². The maximum absolute atomic E-state index is 14.1. The first-order chi connectivity index (χ1) is 20.5. The predicted octanol–water partition coefficient (Wildman–Crippen LogP) is 6.99. The number of alkyl halides is 3. The Balaban J connectivity index is 2.13. The zero-order valence-electron chi connectivity index (χ0n) is 24.0. The highest BCUT2D eigenvalue weighted by atomic mass is 35.5. The van der Waals surface area contributed by atoms with E-state index in [-0.39, 0.29) is 29.1 Å². The summed E-state index contributed by atoms with van der Waals surface area (Å²) in [6.45, 7) is 2.59. The molecule has 3 rings (SSSR count). The van der Waals surface area contributed by atoms with Crippen LogP contribution in [0.4, 0.5) is 18.9 Å². The minimum absolute atomic E-state index is 0.0637. The van der Waals surface area contributed by atoms with Gasteiger partial charge in [0, 0.05) is 19.0 Å². The lowest BCUT2D eigenvalue weighted by Crippen LogP contribution is -2.54. The van der Waals surface area contributed by atoms with Crippen molar-refractivity contribution < 1.29 is 31.2 Å². The number of anilines is 1. The summed E-state index contributed by atoms with van der Waals surface area (Å²) in [5, 5.41) is 2.71. The lowest BCUT2D eigenvalue weighted by molar-refractivity contribution is -0.140. The lowest BCUT2D eigenvalue weighted by atomic mass is 10.0. The second kappa shape index (κ2) is 14.9. The molecule has 1 N–H and O–H groups in total. The molecular weight excluding hydrogens is 662 g/mol. The summed E-state index contributed by atoms with van der Waals surface area (Å²) in [6, 6.07) is 14.7. The molecule has 0 aliphatic heterocycles. The SMILES string of the molecule is CCC(C)NC(=O)C(Cc1ccccc1)N(Cc1ccc(Cl)c(Cl)c1)C(=O)CN(c1ccc(Cl)c(C(F)(F)F)c1)S(C)(=O)=O. The van der Waals surface area contributed by atoms with Crippen LogP contribution in [0.3, 0.4) is 0 Å². The highest BCUT2D eigenvalue weighted by molar-refractivity contribution is 7.92. The van der Waals surface area contributed by atoms with Crippen molar-refractivity contribution in [2.75, 3.05) is 17.1 Å². The van der Waals surface area contributed by atoms with Gasteiger partial charge in [-0.15, -0.1) is 0 Å². The largest absolute Gasteiger partial charge is 0.417 e. The van der Waals surface area contributed by atoms with Crippen molar-refractivity contribution in [1.29, 1.82) is 0 Å². The fourth-order valence-electron chi connectivity index (χ4n) is 4.33. The number of nitrogens with zero attached hydrogens (tertiary/aromatic N) is 2. The van der Waals surface area contributed by atoms with Crippen LogP contribution in [0.1, 0.15) is 37.0 Å². The van der Waals surface area contributed by atoms with E-state index >= 15 is 0 Å². The summed E-state index contributed by atoms with van der Waals surface area (Å²) < 4.78 is 67.2. The van der Waals surface area contributed by atoms with E-state index in [1.165, 1.54) is 17.0 Å². The summed E-state index contributed by atoms with van der Waals surface area (Å²) in [5.74, 6) is -1.33. The van der Waals surface area contributed by atoms with E-state index in [1.54, 1.807) is 43.3 Å². The number of benzene rings is 3. The maximum atomic E-state index is 14.1. The molecule has 0 aromatic heterocycles. The number of rotatable bonds is 12. The van der Waals surface area contributed by atoms with Crippen LogP contribution < -0.4 is 9.62 Å². The average molecular weight is 693 g/mol. The van der Waals surface area contributed by atoms with E-state index in [0.29, 0.717) is 22.4 Å². The van der Waals surface area contributed by atoms with Crippen LogP contribution in [0.25, 0.3) is 0 Å². The second-order valence-corrected chi connectivity index (χ2v) is 13.4. The Kier molecular flexibility index (Phi) is 12.0. The van der Waals surface area contributed by atoms with E-state index in [2.05, 4.69) is 5.32 Å². The van der Waals surface area contributed by atoms with Crippen molar-refractivity contribution in [1.82, 2.24) is 10.2 Å². The fraction of sp³-hybridized carbons (Fsp3) is 0.333. The molecule has 0 saturated heterocycles. The summed E-state index contributed by atoms with van der Waals surface area (Å²) in [7, 11) is -4.30. The van der Waals surface area contributed by atoms with Gasteiger partial charge in [-0.25, -0.2) is 8.42 Å². The van der Waals surface area contributed by atoms with Crippen molar-refractivity contribution in [3.63, 3.8) is 0 Å². The van der Waals surface area contributed by atoms with Gasteiger partial charge in [-0.05, 0) is 54.8 Å². The molecule has 14 heteroatoms. The predicted molar refractivity (Wildman–Crippen MR) is 167 cm³/mol. The van der Waals surface area contributed by atoms with E-state index in [9.17, 15) is 31.2 Å². The summed E-state index contributed by atoms with van der Waals surface area (Å²) in [5.41, 5.74) is -0.480. The van der Waals surface area contributed by atoms with Crippen molar-refractivity contribution in [2.45, 2.75) is 51.5 Å². The highest BCUT2D eigenvalue weighted by Gasteiger charge is 2.36. The molecule has 2 atom stereocenters. The first-order valence-electron chi connectivity index (χ1n) is 13.4. The number of amides is 2. The quantitative estimate of drug-likeness (QED) is 0.222. The molecule has 0 heterocycles. The number of nitrogens with one attached hydrogen (secondary N) is 1.